The van der Waals surface area contributed by atoms with Crippen LogP contribution in [0.5, 0.6) is 0 Å². The zero-order valence-corrected chi connectivity index (χ0v) is 20.0. The lowest BCUT2D eigenvalue weighted by Crippen LogP contribution is -2.38. The fourth-order valence-electron chi connectivity index (χ4n) is 3.50. The van der Waals surface area contributed by atoms with Gasteiger partial charge in [-0.2, -0.15) is 0 Å². The molecule has 0 spiro atoms. The maximum atomic E-state index is 5.52. The fraction of sp³-hybridized carbons (Fsp3) is 0.909. The fourth-order valence-corrected chi connectivity index (χ4v) is 3.94. The molecule has 0 amide bonds. The van der Waals surface area contributed by atoms with Crippen LogP contribution in [-0.2, 0) is 13.9 Å². The molecule has 0 aromatic rings. The van der Waals surface area contributed by atoms with E-state index in [-0.39, 0.29) is 0 Å². The number of hydrogen-bond acceptors (Lipinski definition) is 3. The lowest BCUT2D eigenvalue weighted by molar-refractivity contribution is -0.226. The summed E-state index contributed by atoms with van der Waals surface area (Å²) in [6, 6.07) is 0. The summed E-state index contributed by atoms with van der Waals surface area (Å²) in [6.07, 6.45) is 23.3. The minimum Gasteiger partial charge on any atom is -0.422 e. The van der Waals surface area contributed by atoms with Crippen molar-refractivity contribution in [3.8, 4) is 0 Å². The molecule has 26 heavy (non-hydrogen) atoms. The Morgan fingerprint density at radius 2 is 1.08 bits per heavy atom. The molecule has 0 aromatic carbocycles. The molecule has 0 heterocycles. The van der Waals surface area contributed by atoms with Crippen LogP contribution in [0.25, 0.3) is 0 Å². The quantitative estimate of drug-likeness (QED) is 0.110. The van der Waals surface area contributed by atoms with Gasteiger partial charge in [0.05, 0.1) is 6.61 Å². The van der Waals surface area contributed by atoms with Crippen LogP contribution < -0.4 is 0 Å². The summed E-state index contributed by atoms with van der Waals surface area (Å²) in [6.45, 7) is 4.33. The van der Waals surface area contributed by atoms with Crippen LogP contribution in [0.15, 0.2) is 12.7 Å². The first-order valence-electron chi connectivity index (χ1n) is 10.9. The van der Waals surface area contributed by atoms with Gasteiger partial charge in [0.1, 0.15) is 10.5 Å². The molecule has 0 bridgehead atoms. The Kier molecular flexibility index (Phi) is 19.5. The van der Waals surface area contributed by atoms with E-state index in [1.165, 1.54) is 89.9 Å². The topological polar surface area (TPSA) is 27.7 Å². The molecule has 0 radical (unpaired) electrons. The second kappa shape index (κ2) is 19.6. The van der Waals surface area contributed by atoms with Gasteiger partial charge < -0.3 is 13.9 Å². The third-order valence-corrected chi connectivity index (χ3v) is 5.61. The van der Waals surface area contributed by atoms with Gasteiger partial charge in [0.15, 0.2) is 5.79 Å². The van der Waals surface area contributed by atoms with Crippen LogP contribution in [0, 0.1) is 0 Å². The van der Waals surface area contributed by atoms with Crippen molar-refractivity contribution in [2.24, 2.45) is 0 Å². The molecule has 156 valence electrons. The van der Waals surface area contributed by atoms with Gasteiger partial charge in [0.2, 0.25) is 0 Å². The Bertz CT molecular complexity index is 293. The highest BCUT2D eigenvalue weighted by atomic mass is 28.2. The van der Waals surface area contributed by atoms with E-state index in [9.17, 15) is 0 Å². The van der Waals surface area contributed by atoms with Crippen LogP contribution in [0.3, 0.4) is 0 Å². The summed E-state index contributed by atoms with van der Waals surface area (Å²) in [4.78, 5) is 0. The molecule has 3 nitrogen and oxygen atoms in total. The van der Waals surface area contributed by atoms with E-state index < -0.39 is 5.79 Å². The zero-order chi connectivity index (χ0) is 19.3. The maximum Gasteiger partial charge on any atom is 0.189 e. The first-order chi connectivity index (χ1) is 12.7. The van der Waals surface area contributed by atoms with Gasteiger partial charge in [0, 0.05) is 20.6 Å². The molecule has 0 fully saturated rings. The van der Waals surface area contributed by atoms with Gasteiger partial charge in [-0.05, 0) is 19.3 Å². The summed E-state index contributed by atoms with van der Waals surface area (Å²) >= 11 is 0. The van der Waals surface area contributed by atoms with E-state index in [2.05, 4.69) is 6.58 Å². The third kappa shape index (κ3) is 14.9. The highest BCUT2D eigenvalue weighted by Gasteiger charge is 2.28. The van der Waals surface area contributed by atoms with Gasteiger partial charge in [0.25, 0.3) is 0 Å². The number of rotatable bonds is 21. The molecule has 0 saturated heterocycles. The molecule has 0 N–H and O–H groups in total. The van der Waals surface area contributed by atoms with Crippen molar-refractivity contribution in [2.75, 3.05) is 20.8 Å². The lowest BCUT2D eigenvalue weighted by Gasteiger charge is -2.30. The second-order valence-corrected chi connectivity index (χ2v) is 8.11. The minimum atomic E-state index is -0.520. The van der Waals surface area contributed by atoms with Crippen LogP contribution in [0.4, 0.5) is 0 Å². The minimum absolute atomic E-state index is 0.520. The Hall–Kier alpha value is -0.163. The van der Waals surface area contributed by atoms with Crippen molar-refractivity contribution in [3.63, 3.8) is 0 Å². The molecular weight excluding hydrogens is 340 g/mol. The summed E-state index contributed by atoms with van der Waals surface area (Å²) in [5, 5.41) is 0. The lowest BCUT2D eigenvalue weighted by atomic mass is 10.0. The second-order valence-electron chi connectivity index (χ2n) is 7.53. The standard InChI is InChI=1S/C22H46O3Si/c1-4-5-6-7-8-9-10-11-12-13-14-15-16-17-18-19-20-22(23-2,24-3)21-25-26/h4H,1,5-21H2,2-3,26H3. The number of hydrogen-bond donors (Lipinski definition) is 0. The molecular formula is C22H46O3Si. The highest BCUT2D eigenvalue weighted by molar-refractivity contribution is 5.97. The van der Waals surface area contributed by atoms with E-state index >= 15 is 0 Å². The summed E-state index contributed by atoms with van der Waals surface area (Å²) in [5.74, 6) is -0.520. The largest absolute Gasteiger partial charge is 0.422 e. The van der Waals surface area contributed by atoms with Gasteiger partial charge in [-0.25, -0.2) is 0 Å². The monoisotopic (exact) mass is 386 g/mol. The Morgan fingerprint density at radius 3 is 1.42 bits per heavy atom. The van der Waals surface area contributed by atoms with Gasteiger partial charge >= 0.3 is 0 Å². The normalized spacial score (nSPS) is 11.9. The Labute approximate surface area is 166 Å². The van der Waals surface area contributed by atoms with Crippen molar-refractivity contribution in [1.29, 1.82) is 0 Å². The molecule has 4 heteroatoms. The number of methoxy groups -OCH3 is 2. The van der Waals surface area contributed by atoms with Crippen molar-refractivity contribution in [3.05, 3.63) is 12.7 Å². The molecule has 0 aliphatic rings. The molecule has 0 rings (SSSR count). The summed E-state index contributed by atoms with van der Waals surface area (Å²) in [7, 11) is 4.16. The maximum absolute atomic E-state index is 5.52. The van der Waals surface area contributed by atoms with Gasteiger partial charge in [-0.3, -0.25) is 0 Å². The molecule has 0 unspecified atom stereocenters. The van der Waals surface area contributed by atoms with Crippen LogP contribution in [0.1, 0.15) is 103 Å². The van der Waals surface area contributed by atoms with Crippen LogP contribution >= 0.6 is 0 Å². The molecule has 0 aromatic heterocycles. The van der Waals surface area contributed by atoms with Gasteiger partial charge in [-0.1, -0.05) is 83.1 Å². The van der Waals surface area contributed by atoms with E-state index in [0.29, 0.717) is 6.61 Å². The van der Waals surface area contributed by atoms with Gasteiger partial charge in [-0.15, -0.1) is 6.58 Å². The van der Waals surface area contributed by atoms with Crippen molar-refractivity contribution < 1.29 is 13.9 Å². The Balaban J connectivity index is 3.30. The predicted molar refractivity (Wildman–Crippen MR) is 117 cm³/mol. The predicted octanol–water partition coefficient (Wildman–Crippen LogP) is 5.70. The molecule has 0 aliphatic heterocycles. The number of allylic oxidation sites excluding steroid dienone is 1. The van der Waals surface area contributed by atoms with Crippen LogP contribution in [-0.4, -0.2) is 37.1 Å². The SMILES string of the molecule is C=CCCCCCCCCCCCCCCCCC(CO[SiH3])(OC)OC. The van der Waals surface area contributed by atoms with E-state index in [0.717, 1.165) is 23.3 Å². The van der Waals surface area contributed by atoms with Crippen LogP contribution in [0.2, 0.25) is 0 Å². The summed E-state index contributed by atoms with van der Waals surface area (Å²) in [5.41, 5.74) is 0. The molecule has 0 saturated carbocycles. The third-order valence-electron chi connectivity index (χ3n) is 5.32. The van der Waals surface area contributed by atoms with E-state index in [1.54, 1.807) is 14.2 Å². The van der Waals surface area contributed by atoms with Crippen molar-refractivity contribution in [2.45, 2.75) is 109 Å². The average Bonchev–Trinajstić information content (AvgIpc) is 2.66. The molecule has 0 atom stereocenters. The first kappa shape index (κ1) is 25.8. The Morgan fingerprint density at radius 1 is 0.692 bits per heavy atom. The smallest absolute Gasteiger partial charge is 0.189 e. The van der Waals surface area contributed by atoms with Crippen molar-refractivity contribution in [1.82, 2.24) is 0 Å². The summed E-state index contributed by atoms with van der Waals surface area (Å²) < 4.78 is 16.4. The highest BCUT2D eigenvalue weighted by Crippen LogP contribution is 2.21. The number of unbranched alkanes of at least 4 members (excludes halogenated alkanes) is 14. The zero-order valence-electron chi connectivity index (χ0n) is 18.0. The number of ether oxygens (including phenoxy) is 2. The van der Waals surface area contributed by atoms with Crippen molar-refractivity contribution >= 4 is 10.5 Å². The van der Waals surface area contributed by atoms with E-state index in [4.69, 9.17) is 13.9 Å². The van der Waals surface area contributed by atoms with E-state index in [1.807, 2.05) is 6.08 Å². The average molecular weight is 387 g/mol. The first-order valence-corrected chi connectivity index (χ1v) is 11.8. The molecule has 0 aliphatic carbocycles.